The Labute approximate surface area is 202 Å². The first-order valence-corrected chi connectivity index (χ1v) is 13.8. The van der Waals surface area contributed by atoms with E-state index in [1.165, 1.54) is 24.8 Å². The summed E-state index contributed by atoms with van der Waals surface area (Å²) in [4.78, 5) is 14.2. The minimum Gasteiger partial charge on any atom is -0.392 e. The molecule has 2 unspecified atom stereocenters. The number of Topliss-reactive ketones (excluding diaryl/α,β-unsaturated/α-hetero) is 1. The maximum Gasteiger partial charge on any atom is 0.140 e. The molecule has 1 saturated heterocycles. The van der Waals surface area contributed by atoms with E-state index in [9.17, 15) is 9.90 Å². The molecule has 0 aromatic heterocycles. The molecule has 5 rings (SSSR count). The first-order valence-electron chi connectivity index (χ1n) is 13.8. The summed E-state index contributed by atoms with van der Waals surface area (Å²) >= 11 is 0. The van der Waals surface area contributed by atoms with E-state index in [1.807, 2.05) is 0 Å². The largest absolute Gasteiger partial charge is 0.392 e. The van der Waals surface area contributed by atoms with Crippen molar-refractivity contribution in [3.8, 4) is 0 Å². The van der Waals surface area contributed by atoms with Gasteiger partial charge in [0.05, 0.1) is 17.8 Å². The van der Waals surface area contributed by atoms with Crippen molar-refractivity contribution >= 4 is 5.78 Å². The topological polar surface area (TPSA) is 49.8 Å². The quantitative estimate of drug-likeness (QED) is 0.377. The van der Waals surface area contributed by atoms with Crippen LogP contribution in [0.5, 0.6) is 0 Å². The molecule has 4 aliphatic carbocycles. The minimum atomic E-state index is -0.295. The molecule has 0 spiro atoms. The van der Waals surface area contributed by atoms with Crippen LogP contribution in [0.2, 0.25) is 0 Å². The fourth-order valence-electron chi connectivity index (χ4n) is 9.73. The summed E-state index contributed by atoms with van der Waals surface area (Å²) in [5.74, 6) is 2.48. The Kier molecular flexibility index (Phi) is 5.24. The second kappa shape index (κ2) is 7.19. The molecule has 1 aliphatic heterocycles. The van der Waals surface area contributed by atoms with Gasteiger partial charge in [-0.25, -0.2) is 0 Å². The van der Waals surface area contributed by atoms with Crippen LogP contribution in [0.4, 0.5) is 0 Å². The highest BCUT2D eigenvalue weighted by atomic mass is 16.6. The fraction of sp³-hybridized carbons (Fsp3) is 0.900. The Morgan fingerprint density at radius 3 is 2.36 bits per heavy atom. The Hall–Kier alpha value is -0.670. The Morgan fingerprint density at radius 2 is 1.73 bits per heavy atom. The van der Waals surface area contributed by atoms with E-state index in [1.54, 1.807) is 0 Å². The second-order valence-electron chi connectivity index (χ2n) is 14.4. The number of carbonyl (C=O) groups excluding carboxylic acids is 1. The van der Waals surface area contributed by atoms with Gasteiger partial charge in [0.2, 0.25) is 0 Å². The van der Waals surface area contributed by atoms with Crippen molar-refractivity contribution < 1.29 is 14.6 Å². The lowest BCUT2D eigenvalue weighted by Gasteiger charge is -2.64. The number of ether oxygens (including phenoxy) is 1. The molecule has 0 aromatic rings. The number of hydrogen-bond acceptors (Lipinski definition) is 3. The molecule has 0 aromatic carbocycles. The summed E-state index contributed by atoms with van der Waals surface area (Å²) in [6, 6.07) is 0. The third kappa shape index (κ3) is 3.09. The second-order valence-corrected chi connectivity index (χ2v) is 14.4. The summed E-state index contributed by atoms with van der Waals surface area (Å²) < 4.78 is 5.87. The van der Waals surface area contributed by atoms with E-state index in [0.717, 1.165) is 32.1 Å². The lowest BCUT2D eigenvalue weighted by atomic mass is 9.38. The van der Waals surface area contributed by atoms with Crippen molar-refractivity contribution in [3.05, 3.63) is 11.6 Å². The summed E-state index contributed by atoms with van der Waals surface area (Å²) in [5.41, 5.74) is 1.23. The Morgan fingerprint density at radius 1 is 1.06 bits per heavy atom. The molecule has 1 heterocycles. The molecular weight excluding hydrogens is 408 g/mol. The summed E-state index contributed by atoms with van der Waals surface area (Å²) in [7, 11) is 0. The predicted octanol–water partition coefficient (Wildman–Crippen LogP) is 6.73. The van der Waals surface area contributed by atoms with Gasteiger partial charge in [-0.1, -0.05) is 53.2 Å². The van der Waals surface area contributed by atoms with Crippen LogP contribution in [-0.4, -0.2) is 28.7 Å². The summed E-state index contributed by atoms with van der Waals surface area (Å²) in [6.45, 7) is 18.6. The number of fused-ring (bicyclic) bond motifs is 5. The van der Waals surface area contributed by atoms with Gasteiger partial charge in [0.15, 0.2) is 0 Å². The van der Waals surface area contributed by atoms with E-state index < -0.39 is 0 Å². The van der Waals surface area contributed by atoms with Crippen molar-refractivity contribution in [3.63, 3.8) is 0 Å². The number of rotatable bonds is 4. The molecule has 3 nitrogen and oxygen atoms in total. The van der Waals surface area contributed by atoms with Gasteiger partial charge in [-0.15, -0.1) is 0 Å². The predicted molar refractivity (Wildman–Crippen MR) is 133 cm³/mol. The minimum absolute atomic E-state index is 0.0733. The van der Waals surface area contributed by atoms with E-state index >= 15 is 0 Å². The molecule has 0 bridgehead atoms. The summed E-state index contributed by atoms with van der Waals surface area (Å²) in [5, 5.41) is 10.8. The molecular formula is C30H48O3. The molecule has 4 fully saturated rings. The molecule has 3 heteroatoms. The number of carbonyl (C=O) groups is 1. The third-order valence-electron chi connectivity index (χ3n) is 12.4. The van der Waals surface area contributed by atoms with Crippen molar-refractivity contribution in [2.24, 2.45) is 45.3 Å². The SMILES string of the molecule is C[C@H](CCC1OC1(C)C)[C@H]1CC[C@@]2(C)[C@@H]3CC=C4[C@@H](CCC(O)C4(C)C)[C@]3(C)C(=O)C[C@]12C. The zero-order valence-corrected chi connectivity index (χ0v) is 22.5. The first-order chi connectivity index (χ1) is 15.2. The number of aliphatic hydroxyl groups is 1. The standard InChI is InChI=1S/C30H48O3/c1-18(9-14-25-27(4,5)33-25)19-15-16-28(6)22-12-10-20-21(11-13-23(31)26(20,2)3)30(22,8)24(32)17-29(19,28)7/h10,18-19,21-23,25,31H,9,11-17H2,1-8H3/t18-,19-,21-,22+,23?,25?,28+,29-,30+/m1/s1. The van der Waals surface area contributed by atoms with E-state index in [-0.39, 0.29) is 33.4 Å². The van der Waals surface area contributed by atoms with E-state index in [4.69, 9.17) is 4.74 Å². The fourth-order valence-corrected chi connectivity index (χ4v) is 9.73. The number of epoxide rings is 1. The van der Waals surface area contributed by atoms with Gasteiger partial charge in [-0.3, -0.25) is 4.79 Å². The maximum absolute atomic E-state index is 14.2. The van der Waals surface area contributed by atoms with Crippen molar-refractivity contribution in [1.82, 2.24) is 0 Å². The third-order valence-corrected chi connectivity index (χ3v) is 12.4. The zero-order valence-electron chi connectivity index (χ0n) is 22.5. The average Bonchev–Trinajstić information content (AvgIpc) is 3.24. The highest BCUT2D eigenvalue weighted by Crippen LogP contribution is 2.74. The molecule has 186 valence electrons. The lowest BCUT2D eigenvalue weighted by Crippen LogP contribution is -2.63. The van der Waals surface area contributed by atoms with E-state index in [2.05, 4.69) is 61.5 Å². The first kappa shape index (κ1) is 24.0. The molecule has 0 radical (unpaired) electrons. The van der Waals surface area contributed by atoms with Gasteiger partial charge in [0.25, 0.3) is 0 Å². The van der Waals surface area contributed by atoms with Crippen molar-refractivity contribution in [2.45, 2.75) is 125 Å². The van der Waals surface area contributed by atoms with Crippen molar-refractivity contribution in [1.29, 1.82) is 0 Å². The van der Waals surface area contributed by atoms with Gasteiger partial charge in [0, 0.05) is 17.3 Å². The molecule has 33 heavy (non-hydrogen) atoms. The molecule has 3 saturated carbocycles. The molecule has 5 aliphatic rings. The lowest BCUT2D eigenvalue weighted by molar-refractivity contribution is -0.171. The van der Waals surface area contributed by atoms with Gasteiger partial charge in [-0.05, 0) is 93.3 Å². The number of allylic oxidation sites excluding steroid dienone is 1. The van der Waals surface area contributed by atoms with Gasteiger partial charge >= 0.3 is 0 Å². The van der Waals surface area contributed by atoms with Crippen LogP contribution in [0.25, 0.3) is 0 Å². The highest BCUT2D eigenvalue weighted by Gasteiger charge is 2.70. The van der Waals surface area contributed by atoms with Gasteiger partial charge in [0.1, 0.15) is 5.78 Å². The van der Waals surface area contributed by atoms with Crippen LogP contribution in [-0.2, 0) is 9.53 Å². The average molecular weight is 457 g/mol. The molecule has 0 amide bonds. The van der Waals surface area contributed by atoms with E-state index in [0.29, 0.717) is 35.6 Å². The van der Waals surface area contributed by atoms with Crippen LogP contribution in [0, 0.1) is 45.3 Å². The van der Waals surface area contributed by atoms with Crippen molar-refractivity contribution in [2.75, 3.05) is 0 Å². The summed E-state index contributed by atoms with van der Waals surface area (Å²) in [6.07, 6.45) is 11.0. The molecule has 9 atom stereocenters. The van der Waals surface area contributed by atoms with Gasteiger partial charge in [-0.2, -0.15) is 0 Å². The molecule has 1 N–H and O–H groups in total. The van der Waals surface area contributed by atoms with Crippen LogP contribution < -0.4 is 0 Å². The number of aliphatic hydroxyl groups excluding tert-OH is 1. The number of hydrogen-bond donors (Lipinski definition) is 1. The highest BCUT2D eigenvalue weighted by molar-refractivity contribution is 5.88. The Balaban J connectivity index is 1.44. The monoisotopic (exact) mass is 456 g/mol. The number of ketones is 1. The van der Waals surface area contributed by atoms with Crippen LogP contribution in [0.3, 0.4) is 0 Å². The van der Waals surface area contributed by atoms with Crippen LogP contribution >= 0.6 is 0 Å². The maximum atomic E-state index is 14.2. The van der Waals surface area contributed by atoms with Crippen LogP contribution in [0.15, 0.2) is 11.6 Å². The zero-order chi connectivity index (χ0) is 24.2. The normalized spacial score (nSPS) is 50.6. The van der Waals surface area contributed by atoms with Crippen LogP contribution in [0.1, 0.15) is 107 Å². The Bertz CT molecular complexity index is 870. The smallest absolute Gasteiger partial charge is 0.140 e. The van der Waals surface area contributed by atoms with Gasteiger partial charge < -0.3 is 9.84 Å².